The van der Waals surface area contributed by atoms with Crippen LogP contribution in [-0.2, 0) is 9.47 Å². The summed E-state index contributed by atoms with van der Waals surface area (Å²) in [5.41, 5.74) is 2.22. The van der Waals surface area contributed by atoms with Crippen LogP contribution in [0.15, 0.2) is 46.9 Å². The molecule has 2 aromatic rings. The van der Waals surface area contributed by atoms with Crippen LogP contribution in [0.5, 0.6) is 5.75 Å². The number of methoxy groups -OCH3 is 1. The standard InChI is InChI=1S/C20H23BrN2O4/c1-25-12-13-27-19-5-3-2-4-16(19)20(24)22-17-14-15(21)6-7-18(17)23-8-10-26-11-9-23/h2-7,14H,8-13H2,1H3,(H,22,24). The molecule has 1 fully saturated rings. The fourth-order valence-electron chi connectivity index (χ4n) is 2.89. The van der Waals surface area contributed by atoms with Crippen LogP contribution < -0.4 is 15.0 Å². The molecule has 1 aliphatic heterocycles. The predicted molar refractivity (Wildman–Crippen MR) is 109 cm³/mol. The zero-order valence-electron chi connectivity index (χ0n) is 15.2. The Hall–Kier alpha value is -2.09. The SMILES string of the molecule is COCCOc1ccccc1C(=O)Nc1cc(Br)ccc1N1CCOCC1. The third-order valence-electron chi connectivity index (χ3n) is 4.24. The third kappa shape index (κ3) is 5.22. The summed E-state index contributed by atoms with van der Waals surface area (Å²) in [5, 5.41) is 3.03. The monoisotopic (exact) mass is 434 g/mol. The van der Waals surface area contributed by atoms with Crippen molar-refractivity contribution in [3.8, 4) is 5.75 Å². The molecule has 1 aliphatic rings. The topological polar surface area (TPSA) is 60.0 Å². The minimum atomic E-state index is -0.212. The molecule has 3 rings (SSSR count). The van der Waals surface area contributed by atoms with Gasteiger partial charge in [0.15, 0.2) is 0 Å². The molecule has 0 aliphatic carbocycles. The lowest BCUT2D eigenvalue weighted by molar-refractivity contribution is 0.101. The maximum absolute atomic E-state index is 12.9. The van der Waals surface area contributed by atoms with Gasteiger partial charge in [0, 0.05) is 24.7 Å². The predicted octanol–water partition coefficient (Wildman–Crippen LogP) is 3.56. The third-order valence-corrected chi connectivity index (χ3v) is 4.73. The molecular formula is C20H23BrN2O4. The van der Waals surface area contributed by atoms with Gasteiger partial charge in [-0.25, -0.2) is 0 Å². The Kier molecular flexibility index (Phi) is 7.09. The molecule has 144 valence electrons. The molecule has 0 saturated carbocycles. The summed E-state index contributed by atoms with van der Waals surface area (Å²) < 4.78 is 17.0. The van der Waals surface area contributed by atoms with Crippen LogP contribution in [0.25, 0.3) is 0 Å². The molecule has 2 aromatic carbocycles. The molecule has 0 aromatic heterocycles. The lowest BCUT2D eigenvalue weighted by Crippen LogP contribution is -2.36. The second-order valence-electron chi connectivity index (χ2n) is 6.05. The second-order valence-corrected chi connectivity index (χ2v) is 6.97. The lowest BCUT2D eigenvalue weighted by atomic mass is 10.1. The second kappa shape index (κ2) is 9.73. The molecule has 1 saturated heterocycles. The first-order chi connectivity index (χ1) is 13.2. The summed E-state index contributed by atoms with van der Waals surface area (Å²) in [6.45, 7) is 3.79. The number of rotatable bonds is 7. The zero-order valence-corrected chi connectivity index (χ0v) is 16.8. The molecule has 0 spiro atoms. The summed E-state index contributed by atoms with van der Waals surface area (Å²) in [5.74, 6) is 0.325. The highest BCUT2D eigenvalue weighted by molar-refractivity contribution is 9.10. The molecule has 7 heteroatoms. The van der Waals surface area contributed by atoms with Gasteiger partial charge in [-0.2, -0.15) is 0 Å². The number of benzene rings is 2. The normalized spacial score (nSPS) is 14.1. The van der Waals surface area contributed by atoms with Gasteiger partial charge in [0.05, 0.1) is 36.8 Å². The molecule has 0 atom stereocenters. The van der Waals surface area contributed by atoms with Crippen molar-refractivity contribution in [1.82, 2.24) is 0 Å². The van der Waals surface area contributed by atoms with Crippen molar-refractivity contribution in [1.29, 1.82) is 0 Å². The minimum absolute atomic E-state index is 0.212. The quantitative estimate of drug-likeness (QED) is 0.674. The van der Waals surface area contributed by atoms with Gasteiger partial charge in [-0.15, -0.1) is 0 Å². The first-order valence-electron chi connectivity index (χ1n) is 8.83. The van der Waals surface area contributed by atoms with Gasteiger partial charge in [0.1, 0.15) is 12.4 Å². The molecule has 6 nitrogen and oxygen atoms in total. The Bertz CT molecular complexity index is 778. The average Bonchev–Trinajstić information content (AvgIpc) is 2.69. The highest BCUT2D eigenvalue weighted by Gasteiger charge is 2.18. The summed E-state index contributed by atoms with van der Waals surface area (Å²) in [6.07, 6.45) is 0. The van der Waals surface area contributed by atoms with Gasteiger partial charge < -0.3 is 24.4 Å². The van der Waals surface area contributed by atoms with E-state index in [1.54, 1.807) is 19.2 Å². The van der Waals surface area contributed by atoms with Gasteiger partial charge in [0.2, 0.25) is 0 Å². The van der Waals surface area contributed by atoms with Crippen molar-refractivity contribution in [2.75, 3.05) is 56.8 Å². The Morgan fingerprint density at radius 3 is 2.74 bits per heavy atom. The van der Waals surface area contributed by atoms with Crippen LogP contribution in [0.2, 0.25) is 0 Å². The van der Waals surface area contributed by atoms with E-state index in [1.165, 1.54) is 0 Å². The van der Waals surface area contributed by atoms with Crippen molar-refractivity contribution in [3.63, 3.8) is 0 Å². The van der Waals surface area contributed by atoms with E-state index in [9.17, 15) is 4.79 Å². The Morgan fingerprint density at radius 2 is 1.96 bits per heavy atom. The Labute approximate surface area is 167 Å². The van der Waals surface area contributed by atoms with Crippen LogP contribution in [0.3, 0.4) is 0 Å². The molecule has 1 heterocycles. The first kappa shape index (κ1) is 19.7. The number of para-hydroxylation sites is 1. The van der Waals surface area contributed by atoms with E-state index in [2.05, 4.69) is 26.1 Å². The van der Waals surface area contributed by atoms with Crippen LogP contribution in [-0.4, -0.2) is 52.5 Å². The van der Waals surface area contributed by atoms with Crippen molar-refractivity contribution in [2.45, 2.75) is 0 Å². The van der Waals surface area contributed by atoms with Gasteiger partial charge in [-0.1, -0.05) is 28.1 Å². The summed E-state index contributed by atoms with van der Waals surface area (Å²) in [6, 6.07) is 13.1. The highest BCUT2D eigenvalue weighted by atomic mass is 79.9. The highest BCUT2D eigenvalue weighted by Crippen LogP contribution is 2.31. The number of carbonyl (C=O) groups excluding carboxylic acids is 1. The van der Waals surface area contributed by atoms with Crippen molar-refractivity contribution in [3.05, 3.63) is 52.5 Å². The Balaban J connectivity index is 1.81. The number of anilines is 2. The van der Waals surface area contributed by atoms with E-state index in [4.69, 9.17) is 14.2 Å². The van der Waals surface area contributed by atoms with Gasteiger partial charge in [-0.3, -0.25) is 4.79 Å². The molecule has 27 heavy (non-hydrogen) atoms. The molecule has 0 unspecified atom stereocenters. The number of carbonyl (C=O) groups is 1. The summed E-state index contributed by atoms with van der Waals surface area (Å²) in [4.78, 5) is 15.1. The Morgan fingerprint density at radius 1 is 1.19 bits per heavy atom. The maximum atomic E-state index is 12.9. The van der Waals surface area contributed by atoms with Crippen molar-refractivity contribution < 1.29 is 19.0 Å². The number of morpholine rings is 1. The maximum Gasteiger partial charge on any atom is 0.259 e. The lowest BCUT2D eigenvalue weighted by Gasteiger charge is -2.30. The van der Waals surface area contributed by atoms with E-state index >= 15 is 0 Å². The molecule has 1 amide bonds. The van der Waals surface area contributed by atoms with Crippen molar-refractivity contribution in [2.24, 2.45) is 0 Å². The smallest absolute Gasteiger partial charge is 0.259 e. The number of amides is 1. The number of hydrogen-bond donors (Lipinski definition) is 1. The van der Waals surface area contributed by atoms with E-state index in [-0.39, 0.29) is 5.91 Å². The largest absolute Gasteiger partial charge is 0.490 e. The fourth-order valence-corrected chi connectivity index (χ4v) is 3.25. The first-order valence-corrected chi connectivity index (χ1v) is 9.62. The van der Waals surface area contributed by atoms with Crippen LogP contribution in [0.1, 0.15) is 10.4 Å². The van der Waals surface area contributed by atoms with Crippen molar-refractivity contribution >= 4 is 33.2 Å². The molecule has 0 radical (unpaired) electrons. The number of hydrogen-bond acceptors (Lipinski definition) is 5. The fraction of sp³-hybridized carbons (Fsp3) is 0.350. The minimum Gasteiger partial charge on any atom is -0.490 e. The molecule has 1 N–H and O–H groups in total. The van der Waals surface area contributed by atoms with Crippen LogP contribution in [0, 0.1) is 0 Å². The number of nitrogens with one attached hydrogen (secondary N) is 1. The van der Waals surface area contributed by atoms with E-state index in [0.717, 1.165) is 28.9 Å². The molecule has 0 bridgehead atoms. The van der Waals surface area contributed by atoms with E-state index < -0.39 is 0 Å². The summed E-state index contributed by atoms with van der Waals surface area (Å²) in [7, 11) is 1.61. The number of nitrogens with zero attached hydrogens (tertiary/aromatic N) is 1. The van der Waals surface area contributed by atoms with Crippen LogP contribution in [0.4, 0.5) is 11.4 Å². The van der Waals surface area contributed by atoms with Gasteiger partial charge in [0.25, 0.3) is 5.91 Å². The van der Waals surface area contributed by atoms with Gasteiger partial charge in [-0.05, 0) is 30.3 Å². The van der Waals surface area contributed by atoms with E-state index in [0.29, 0.717) is 37.7 Å². The van der Waals surface area contributed by atoms with Crippen LogP contribution >= 0.6 is 15.9 Å². The number of ether oxygens (including phenoxy) is 3. The number of halogens is 1. The zero-order chi connectivity index (χ0) is 19.1. The molecular weight excluding hydrogens is 412 g/mol. The van der Waals surface area contributed by atoms with Gasteiger partial charge >= 0.3 is 0 Å². The summed E-state index contributed by atoms with van der Waals surface area (Å²) >= 11 is 3.49. The van der Waals surface area contributed by atoms with E-state index in [1.807, 2.05) is 30.3 Å². The average molecular weight is 435 g/mol.